The molecule has 7 heteroatoms. The van der Waals surface area contributed by atoms with Crippen LogP contribution in [0, 0.1) is 0 Å². The molecule has 3 heterocycles. The average molecular weight is 348 g/mol. The highest BCUT2D eigenvalue weighted by Crippen LogP contribution is 2.47. The number of hydrogen-bond donors (Lipinski definition) is 0. The van der Waals surface area contributed by atoms with Crippen LogP contribution in [-0.2, 0) is 4.74 Å². The first kappa shape index (κ1) is 14.8. The summed E-state index contributed by atoms with van der Waals surface area (Å²) in [6.07, 6.45) is 1.58. The summed E-state index contributed by atoms with van der Waals surface area (Å²) >= 11 is 7.65. The number of hydrogen-bond acceptors (Lipinski definition) is 4. The highest BCUT2D eigenvalue weighted by atomic mass is 35.5. The van der Waals surface area contributed by atoms with E-state index < -0.39 is 0 Å². The zero-order valence-electron chi connectivity index (χ0n) is 12.2. The number of carbonyl (C=O) groups is 1. The number of ether oxygens (including phenoxy) is 1. The first-order valence-electron chi connectivity index (χ1n) is 7.33. The monoisotopic (exact) mass is 347 g/mol. The molecule has 0 unspecified atom stereocenters. The van der Waals surface area contributed by atoms with Crippen molar-refractivity contribution in [2.24, 2.45) is 0 Å². The number of halogens is 1. The van der Waals surface area contributed by atoms with Crippen molar-refractivity contribution in [3.05, 3.63) is 41.6 Å². The number of amides is 2. The lowest BCUT2D eigenvalue weighted by Crippen LogP contribution is -2.47. The molecule has 2 aliphatic heterocycles. The summed E-state index contributed by atoms with van der Waals surface area (Å²) in [5, 5.41) is 0.564. The SMILES string of the molecule is O=C(N1CCOCC1)N1c2ccccc2Sc2cc(Cl)cnc21. The molecule has 23 heavy (non-hydrogen) atoms. The van der Waals surface area contributed by atoms with Gasteiger partial charge in [0.05, 0.1) is 28.8 Å². The molecule has 2 amide bonds. The van der Waals surface area contributed by atoms with Crippen molar-refractivity contribution < 1.29 is 9.53 Å². The van der Waals surface area contributed by atoms with Gasteiger partial charge in [-0.1, -0.05) is 35.5 Å². The van der Waals surface area contributed by atoms with Gasteiger partial charge >= 0.3 is 6.03 Å². The second kappa shape index (κ2) is 6.03. The summed E-state index contributed by atoms with van der Waals surface area (Å²) in [6.45, 7) is 2.31. The molecule has 2 aromatic rings. The van der Waals surface area contributed by atoms with Crippen molar-refractivity contribution in [1.29, 1.82) is 0 Å². The first-order chi connectivity index (χ1) is 11.2. The molecule has 5 nitrogen and oxygen atoms in total. The van der Waals surface area contributed by atoms with E-state index in [0.29, 0.717) is 37.1 Å². The molecule has 1 aromatic heterocycles. The molecule has 0 bridgehead atoms. The van der Waals surface area contributed by atoms with E-state index in [9.17, 15) is 4.79 Å². The standard InChI is InChI=1S/C16H14ClN3O2S/c17-11-9-14-15(18-10-11)20(12-3-1-2-4-13(12)23-14)16(21)19-5-7-22-8-6-19/h1-4,9-10H,5-8H2. The lowest BCUT2D eigenvalue weighted by atomic mass is 10.2. The van der Waals surface area contributed by atoms with Gasteiger partial charge in [0.1, 0.15) is 0 Å². The highest BCUT2D eigenvalue weighted by Gasteiger charge is 2.33. The molecule has 4 rings (SSSR count). The van der Waals surface area contributed by atoms with E-state index >= 15 is 0 Å². The predicted molar refractivity (Wildman–Crippen MR) is 89.7 cm³/mol. The fourth-order valence-electron chi connectivity index (χ4n) is 2.71. The number of anilines is 2. The lowest BCUT2D eigenvalue weighted by molar-refractivity contribution is 0.0553. The summed E-state index contributed by atoms with van der Waals surface area (Å²) in [5.41, 5.74) is 0.858. The summed E-state index contributed by atoms with van der Waals surface area (Å²) in [5.74, 6) is 0.634. The fourth-order valence-corrected chi connectivity index (χ4v) is 4.00. The third-order valence-corrected chi connectivity index (χ3v) is 5.10. The number of fused-ring (bicyclic) bond motifs is 2. The smallest absolute Gasteiger partial charge is 0.330 e. The Bertz CT molecular complexity index is 765. The van der Waals surface area contributed by atoms with Crippen LogP contribution in [0.1, 0.15) is 0 Å². The maximum atomic E-state index is 13.1. The summed E-state index contributed by atoms with van der Waals surface area (Å²) < 4.78 is 5.34. The molecule has 0 aliphatic carbocycles. The Morgan fingerprint density at radius 3 is 2.83 bits per heavy atom. The van der Waals surface area contributed by atoms with Gasteiger partial charge in [-0.25, -0.2) is 14.7 Å². The molecule has 2 aliphatic rings. The van der Waals surface area contributed by atoms with E-state index in [2.05, 4.69) is 4.98 Å². The summed E-state index contributed by atoms with van der Waals surface area (Å²) in [6, 6.07) is 9.62. The molecule has 1 aromatic carbocycles. The number of carbonyl (C=O) groups excluding carboxylic acids is 1. The van der Waals surface area contributed by atoms with Gasteiger partial charge in [-0.2, -0.15) is 0 Å². The Kier molecular flexibility index (Phi) is 3.88. The molecule has 0 radical (unpaired) electrons. The number of benzene rings is 1. The van der Waals surface area contributed by atoms with Crippen LogP contribution in [0.15, 0.2) is 46.3 Å². The Labute approximate surface area is 143 Å². The van der Waals surface area contributed by atoms with Crippen LogP contribution < -0.4 is 4.90 Å². The average Bonchev–Trinajstić information content (AvgIpc) is 2.59. The van der Waals surface area contributed by atoms with Crippen molar-refractivity contribution in [3.63, 3.8) is 0 Å². The van der Waals surface area contributed by atoms with Crippen LogP contribution in [0.2, 0.25) is 5.02 Å². The molecular formula is C16H14ClN3O2S. The lowest BCUT2D eigenvalue weighted by Gasteiger charge is -2.35. The van der Waals surface area contributed by atoms with Gasteiger partial charge < -0.3 is 9.64 Å². The number of nitrogens with zero attached hydrogens (tertiary/aromatic N) is 3. The number of morpholine rings is 1. The van der Waals surface area contributed by atoms with E-state index in [4.69, 9.17) is 16.3 Å². The molecule has 0 saturated carbocycles. The normalized spacial score (nSPS) is 16.7. The Balaban J connectivity index is 1.80. The van der Waals surface area contributed by atoms with Crippen LogP contribution in [0.5, 0.6) is 0 Å². The quantitative estimate of drug-likeness (QED) is 0.727. The van der Waals surface area contributed by atoms with Gasteiger partial charge in [-0.15, -0.1) is 0 Å². The second-order valence-electron chi connectivity index (χ2n) is 5.26. The Morgan fingerprint density at radius 2 is 2.00 bits per heavy atom. The largest absolute Gasteiger partial charge is 0.378 e. The first-order valence-corrected chi connectivity index (χ1v) is 8.53. The van der Waals surface area contributed by atoms with Gasteiger partial charge in [0.25, 0.3) is 0 Å². The van der Waals surface area contributed by atoms with Crippen molar-refractivity contribution in [2.45, 2.75) is 9.79 Å². The van der Waals surface area contributed by atoms with Gasteiger partial charge in [0.2, 0.25) is 0 Å². The Morgan fingerprint density at radius 1 is 1.22 bits per heavy atom. The number of rotatable bonds is 0. The number of urea groups is 1. The van der Waals surface area contributed by atoms with E-state index in [0.717, 1.165) is 15.5 Å². The van der Waals surface area contributed by atoms with Crippen molar-refractivity contribution in [1.82, 2.24) is 9.88 Å². The van der Waals surface area contributed by atoms with Crippen molar-refractivity contribution in [2.75, 3.05) is 31.2 Å². The minimum atomic E-state index is -0.0721. The second-order valence-corrected chi connectivity index (χ2v) is 6.78. The van der Waals surface area contributed by atoms with E-state index in [1.807, 2.05) is 30.3 Å². The molecular weight excluding hydrogens is 334 g/mol. The van der Waals surface area contributed by atoms with E-state index in [1.54, 1.807) is 27.8 Å². The third kappa shape index (κ3) is 2.67. The third-order valence-electron chi connectivity index (χ3n) is 3.81. The van der Waals surface area contributed by atoms with Gasteiger partial charge in [-0.3, -0.25) is 0 Å². The van der Waals surface area contributed by atoms with Gasteiger partial charge in [0, 0.05) is 24.2 Å². The van der Waals surface area contributed by atoms with Crippen molar-refractivity contribution in [3.8, 4) is 0 Å². The van der Waals surface area contributed by atoms with Crippen LogP contribution >= 0.6 is 23.4 Å². The summed E-state index contributed by atoms with van der Waals surface area (Å²) in [4.78, 5) is 22.9. The van der Waals surface area contributed by atoms with E-state index in [-0.39, 0.29) is 6.03 Å². The topological polar surface area (TPSA) is 45.7 Å². The molecule has 1 fully saturated rings. The number of pyridine rings is 1. The number of para-hydroxylation sites is 1. The van der Waals surface area contributed by atoms with Crippen LogP contribution in [0.25, 0.3) is 0 Å². The van der Waals surface area contributed by atoms with Crippen molar-refractivity contribution >= 4 is 40.9 Å². The zero-order chi connectivity index (χ0) is 15.8. The van der Waals surface area contributed by atoms with Crippen LogP contribution in [0.3, 0.4) is 0 Å². The molecule has 0 N–H and O–H groups in total. The zero-order valence-corrected chi connectivity index (χ0v) is 13.8. The van der Waals surface area contributed by atoms with Crippen LogP contribution in [-0.4, -0.2) is 42.2 Å². The molecule has 0 atom stereocenters. The molecule has 1 saturated heterocycles. The highest BCUT2D eigenvalue weighted by molar-refractivity contribution is 7.99. The Hall–Kier alpha value is -1.76. The minimum Gasteiger partial charge on any atom is -0.378 e. The van der Waals surface area contributed by atoms with Gasteiger partial charge in [-0.05, 0) is 18.2 Å². The minimum absolute atomic E-state index is 0.0721. The predicted octanol–water partition coefficient (Wildman–Crippen LogP) is 3.79. The maximum absolute atomic E-state index is 13.1. The fraction of sp³-hybridized carbons (Fsp3) is 0.250. The molecule has 0 spiro atoms. The number of aromatic nitrogens is 1. The van der Waals surface area contributed by atoms with Gasteiger partial charge in [0.15, 0.2) is 5.82 Å². The molecule has 118 valence electrons. The van der Waals surface area contributed by atoms with Crippen LogP contribution in [0.4, 0.5) is 16.3 Å². The van der Waals surface area contributed by atoms with E-state index in [1.165, 1.54) is 0 Å². The maximum Gasteiger partial charge on any atom is 0.330 e. The summed E-state index contributed by atoms with van der Waals surface area (Å²) in [7, 11) is 0.